The van der Waals surface area contributed by atoms with Gasteiger partial charge in [0.1, 0.15) is 6.61 Å². The number of methoxy groups -OCH3 is 1. The second-order valence-electron chi connectivity index (χ2n) is 7.57. The molecular weight excluding hydrogens is 474 g/mol. The normalized spacial score (nSPS) is 15.3. The fraction of sp³-hybridized carbons (Fsp3) is 0.261. The molecule has 3 rings (SSSR count). The van der Waals surface area contributed by atoms with Crippen molar-refractivity contribution in [1.82, 2.24) is 10.2 Å². The Morgan fingerprint density at radius 3 is 2.20 bits per heavy atom. The molecule has 1 unspecified atom stereocenters. The summed E-state index contributed by atoms with van der Waals surface area (Å²) in [7, 11) is 3.29. The van der Waals surface area contributed by atoms with Crippen LogP contribution in [0.2, 0.25) is 0 Å². The van der Waals surface area contributed by atoms with Crippen molar-refractivity contribution in [3.63, 3.8) is 0 Å². The summed E-state index contributed by atoms with van der Waals surface area (Å²) < 4.78 is 10.3. The SMILES string of the molecule is COCCOC(=O)C1=C(C)N(C)C(=S)NC1c1ccc(NC(=O)Nc2ccc([N+](=O)[O-])cc2)cc1. The first-order valence-corrected chi connectivity index (χ1v) is 11.0. The maximum Gasteiger partial charge on any atom is 0.338 e. The molecule has 3 N–H and O–H groups in total. The zero-order chi connectivity index (χ0) is 25.5. The highest BCUT2D eigenvalue weighted by Crippen LogP contribution is 2.31. The van der Waals surface area contributed by atoms with Crippen LogP contribution in [-0.2, 0) is 14.3 Å². The van der Waals surface area contributed by atoms with Gasteiger partial charge in [-0.2, -0.15) is 0 Å². The van der Waals surface area contributed by atoms with Crippen LogP contribution >= 0.6 is 12.2 Å². The van der Waals surface area contributed by atoms with Crippen LogP contribution in [0.15, 0.2) is 59.8 Å². The molecule has 2 aromatic carbocycles. The van der Waals surface area contributed by atoms with E-state index in [0.717, 1.165) is 5.56 Å². The van der Waals surface area contributed by atoms with Gasteiger partial charge >= 0.3 is 12.0 Å². The molecule has 184 valence electrons. The first-order valence-electron chi connectivity index (χ1n) is 10.5. The fourth-order valence-electron chi connectivity index (χ4n) is 3.36. The van der Waals surface area contributed by atoms with E-state index >= 15 is 0 Å². The minimum atomic E-state index is -0.531. The van der Waals surface area contributed by atoms with E-state index in [1.54, 1.807) is 43.1 Å². The molecule has 1 atom stereocenters. The van der Waals surface area contributed by atoms with Crippen molar-refractivity contribution in [2.75, 3.05) is 38.0 Å². The molecule has 0 saturated carbocycles. The first kappa shape index (κ1) is 25.6. The number of anilines is 2. The number of carbonyl (C=O) groups excluding carboxylic acids is 2. The van der Waals surface area contributed by atoms with Crippen molar-refractivity contribution in [3.8, 4) is 0 Å². The Morgan fingerprint density at radius 2 is 1.66 bits per heavy atom. The Balaban J connectivity index is 1.72. The van der Waals surface area contributed by atoms with Gasteiger partial charge in [0.25, 0.3) is 5.69 Å². The average molecular weight is 500 g/mol. The molecule has 2 amide bonds. The summed E-state index contributed by atoms with van der Waals surface area (Å²) in [6, 6.07) is 11.4. The van der Waals surface area contributed by atoms with Gasteiger partial charge in [-0.3, -0.25) is 10.1 Å². The first-order chi connectivity index (χ1) is 16.7. The van der Waals surface area contributed by atoms with Crippen LogP contribution in [0.5, 0.6) is 0 Å². The average Bonchev–Trinajstić information content (AvgIpc) is 2.83. The van der Waals surface area contributed by atoms with Crippen molar-refractivity contribution in [3.05, 3.63) is 75.5 Å². The van der Waals surface area contributed by atoms with Crippen molar-refractivity contribution >= 4 is 46.4 Å². The lowest BCUT2D eigenvalue weighted by Crippen LogP contribution is -2.46. The number of non-ortho nitro benzene ring substituents is 1. The molecule has 0 aliphatic carbocycles. The van der Waals surface area contributed by atoms with Gasteiger partial charge in [0.2, 0.25) is 0 Å². The zero-order valence-corrected chi connectivity index (χ0v) is 20.2. The Labute approximate surface area is 207 Å². The molecule has 11 nitrogen and oxygen atoms in total. The third-order valence-corrected chi connectivity index (χ3v) is 5.72. The predicted octanol–water partition coefficient (Wildman–Crippen LogP) is 3.56. The number of thiocarbonyl (C=S) groups is 1. The van der Waals surface area contributed by atoms with E-state index in [2.05, 4.69) is 16.0 Å². The molecule has 1 aliphatic rings. The number of esters is 1. The van der Waals surface area contributed by atoms with E-state index in [1.165, 1.54) is 31.4 Å². The molecular formula is C23H25N5O6S. The minimum Gasteiger partial charge on any atom is -0.460 e. The van der Waals surface area contributed by atoms with Crippen LogP contribution in [-0.4, -0.2) is 54.3 Å². The van der Waals surface area contributed by atoms with E-state index in [0.29, 0.717) is 27.8 Å². The monoisotopic (exact) mass is 499 g/mol. The molecule has 0 radical (unpaired) electrons. The summed E-state index contributed by atoms with van der Waals surface area (Å²) in [6.45, 7) is 2.21. The molecule has 1 aliphatic heterocycles. The summed E-state index contributed by atoms with van der Waals surface area (Å²) in [5, 5.41) is 19.7. The molecule has 0 saturated heterocycles. The zero-order valence-electron chi connectivity index (χ0n) is 19.4. The van der Waals surface area contributed by atoms with Crippen LogP contribution in [0.3, 0.4) is 0 Å². The molecule has 0 aromatic heterocycles. The summed E-state index contributed by atoms with van der Waals surface area (Å²) in [4.78, 5) is 37.1. The Bertz CT molecular complexity index is 1150. The highest BCUT2D eigenvalue weighted by Gasteiger charge is 2.33. The van der Waals surface area contributed by atoms with Gasteiger partial charge in [0.15, 0.2) is 5.11 Å². The number of allylic oxidation sites excluding steroid dienone is 1. The lowest BCUT2D eigenvalue weighted by molar-refractivity contribution is -0.384. The topological polar surface area (TPSA) is 135 Å². The number of nitrogens with one attached hydrogen (secondary N) is 3. The number of nitrogens with zero attached hydrogens (tertiary/aromatic N) is 2. The fourth-order valence-corrected chi connectivity index (χ4v) is 3.62. The van der Waals surface area contributed by atoms with Crippen LogP contribution in [0.4, 0.5) is 21.9 Å². The number of benzene rings is 2. The van der Waals surface area contributed by atoms with E-state index in [9.17, 15) is 19.7 Å². The van der Waals surface area contributed by atoms with Gasteiger partial charge in [0, 0.05) is 43.4 Å². The Hall–Kier alpha value is -4.03. The molecule has 12 heteroatoms. The molecule has 0 spiro atoms. The van der Waals surface area contributed by atoms with E-state index in [4.69, 9.17) is 21.7 Å². The number of amides is 2. The number of nitro groups is 1. The van der Waals surface area contributed by atoms with Crippen LogP contribution in [0.25, 0.3) is 0 Å². The highest BCUT2D eigenvalue weighted by molar-refractivity contribution is 7.80. The van der Waals surface area contributed by atoms with Crippen LogP contribution in [0.1, 0.15) is 18.5 Å². The summed E-state index contributed by atoms with van der Waals surface area (Å²) >= 11 is 5.40. The van der Waals surface area contributed by atoms with Gasteiger partial charge in [-0.05, 0) is 49.0 Å². The molecule has 1 heterocycles. The van der Waals surface area contributed by atoms with Crippen molar-refractivity contribution in [2.45, 2.75) is 13.0 Å². The number of carbonyl (C=O) groups is 2. The Kier molecular flexibility index (Phi) is 8.34. The number of urea groups is 1. The molecule has 0 fully saturated rings. The number of hydrogen-bond acceptors (Lipinski definition) is 7. The summed E-state index contributed by atoms with van der Waals surface area (Å²) in [6.07, 6.45) is 0. The highest BCUT2D eigenvalue weighted by atomic mass is 32.1. The van der Waals surface area contributed by atoms with Gasteiger partial charge in [-0.25, -0.2) is 9.59 Å². The Morgan fingerprint density at radius 1 is 1.09 bits per heavy atom. The van der Waals surface area contributed by atoms with Crippen molar-refractivity contribution in [1.29, 1.82) is 0 Å². The maximum absolute atomic E-state index is 12.8. The van der Waals surface area contributed by atoms with E-state index in [1.807, 2.05) is 0 Å². The number of ether oxygens (including phenoxy) is 2. The predicted molar refractivity (Wildman–Crippen MR) is 134 cm³/mol. The van der Waals surface area contributed by atoms with Crippen LogP contribution < -0.4 is 16.0 Å². The minimum absolute atomic E-state index is 0.0696. The van der Waals surface area contributed by atoms with Gasteiger partial charge in [0.05, 0.1) is 23.1 Å². The van der Waals surface area contributed by atoms with Crippen LogP contribution in [0, 0.1) is 10.1 Å². The second-order valence-corrected chi connectivity index (χ2v) is 7.96. The summed E-state index contributed by atoms with van der Waals surface area (Å²) in [5.74, 6) is -0.476. The number of rotatable bonds is 8. The smallest absolute Gasteiger partial charge is 0.338 e. The lowest BCUT2D eigenvalue weighted by Gasteiger charge is -2.35. The van der Waals surface area contributed by atoms with Gasteiger partial charge in [-0.1, -0.05) is 12.1 Å². The maximum atomic E-state index is 12.8. The second kappa shape index (κ2) is 11.4. The molecule has 0 bridgehead atoms. The van der Waals surface area contributed by atoms with E-state index in [-0.39, 0.29) is 18.9 Å². The number of nitro benzene ring substituents is 1. The largest absolute Gasteiger partial charge is 0.460 e. The standard InChI is InChI=1S/C23H25N5O6S/c1-14-19(21(29)34-13-12-33-3)20(26-23(35)27(14)2)15-4-6-16(7-5-15)24-22(30)25-17-8-10-18(11-9-17)28(31)32/h4-11,20H,12-13H2,1-3H3,(H,26,35)(H2,24,25,30). The number of hydrogen-bond donors (Lipinski definition) is 3. The lowest BCUT2D eigenvalue weighted by atomic mass is 9.95. The quantitative estimate of drug-likeness (QED) is 0.164. The molecule has 2 aromatic rings. The third-order valence-electron chi connectivity index (χ3n) is 5.33. The van der Waals surface area contributed by atoms with Gasteiger partial charge in [-0.15, -0.1) is 0 Å². The van der Waals surface area contributed by atoms with E-state index < -0.39 is 23.0 Å². The molecule has 35 heavy (non-hydrogen) atoms. The van der Waals surface area contributed by atoms with Crippen molar-refractivity contribution in [2.24, 2.45) is 0 Å². The van der Waals surface area contributed by atoms with Crippen molar-refractivity contribution < 1.29 is 24.0 Å². The van der Waals surface area contributed by atoms with Gasteiger partial charge < -0.3 is 30.3 Å². The summed E-state index contributed by atoms with van der Waals surface area (Å²) in [5.41, 5.74) is 2.69. The third kappa shape index (κ3) is 6.31.